The normalized spacial score (nSPS) is 23.8. The second-order valence-corrected chi connectivity index (χ2v) is 8.21. The maximum atomic E-state index is 14.0. The highest BCUT2D eigenvalue weighted by molar-refractivity contribution is 5.88. The Balaban J connectivity index is 1.42. The number of amides is 1. The van der Waals surface area contributed by atoms with Crippen molar-refractivity contribution in [1.82, 2.24) is 25.0 Å². The van der Waals surface area contributed by atoms with Gasteiger partial charge in [0.1, 0.15) is 11.6 Å². The van der Waals surface area contributed by atoms with Crippen molar-refractivity contribution in [3.63, 3.8) is 0 Å². The lowest BCUT2D eigenvalue weighted by atomic mass is 9.73. The topological polar surface area (TPSA) is 72.3 Å². The molecule has 0 unspecified atom stereocenters. The van der Waals surface area contributed by atoms with Gasteiger partial charge in [0.2, 0.25) is 5.91 Å². The summed E-state index contributed by atoms with van der Waals surface area (Å²) in [5, 5.41) is 12.3. The van der Waals surface area contributed by atoms with E-state index in [0.29, 0.717) is 45.7 Å². The van der Waals surface area contributed by atoms with E-state index in [4.69, 9.17) is 4.74 Å². The number of halogens is 1. The highest BCUT2D eigenvalue weighted by Crippen LogP contribution is 2.38. The lowest BCUT2D eigenvalue weighted by Crippen LogP contribution is -2.52. The third-order valence-corrected chi connectivity index (χ3v) is 6.57. The fraction of sp³-hybridized carbons (Fsp3) is 0.571. The number of rotatable bonds is 3. The van der Waals surface area contributed by atoms with Crippen molar-refractivity contribution in [3.8, 4) is 0 Å². The van der Waals surface area contributed by atoms with E-state index in [1.54, 1.807) is 6.07 Å². The predicted molar refractivity (Wildman–Crippen MR) is 104 cm³/mol. The fourth-order valence-electron chi connectivity index (χ4n) is 4.95. The Kier molecular flexibility index (Phi) is 4.83. The first-order valence-corrected chi connectivity index (χ1v) is 10.5. The summed E-state index contributed by atoms with van der Waals surface area (Å²) in [4.78, 5) is 15.6. The van der Waals surface area contributed by atoms with Gasteiger partial charge in [-0.1, -0.05) is 12.1 Å². The highest BCUT2D eigenvalue weighted by Gasteiger charge is 2.45. The molecule has 154 valence electrons. The maximum absolute atomic E-state index is 14.0. The molecule has 3 aliphatic heterocycles. The van der Waals surface area contributed by atoms with Gasteiger partial charge in [-0.05, 0) is 49.9 Å². The SMILES string of the molecule is O=C(N1CCn2c(nnc2[C@@H]2CCCN2)C1)C1(c2cccc(F)c2)CCOCC1. The minimum absolute atomic E-state index is 0.0428. The van der Waals surface area contributed by atoms with Gasteiger partial charge in [-0.15, -0.1) is 10.2 Å². The van der Waals surface area contributed by atoms with E-state index in [1.807, 2.05) is 11.0 Å². The highest BCUT2D eigenvalue weighted by atomic mass is 19.1. The number of carbonyl (C=O) groups is 1. The van der Waals surface area contributed by atoms with Crippen LogP contribution in [0.15, 0.2) is 24.3 Å². The molecule has 2 saturated heterocycles. The Labute approximate surface area is 169 Å². The van der Waals surface area contributed by atoms with Crippen LogP contribution in [0, 0.1) is 5.82 Å². The zero-order valence-electron chi connectivity index (χ0n) is 16.4. The summed E-state index contributed by atoms with van der Waals surface area (Å²) < 4.78 is 21.7. The van der Waals surface area contributed by atoms with Gasteiger partial charge in [-0.3, -0.25) is 4.79 Å². The third-order valence-electron chi connectivity index (χ3n) is 6.57. The fourth-order valence-corrected chi connectivity index (χ4v) is 4.95. The van der Waals surface area contributed by atoms with Gasteiger partial charge < -0.3 is 19.5 Å². The average molecular weight is 399 g/mol. The van der Waals surface area contributed by atoms with Crippen molar-refractivity contribution in [2.24, 2.45) is 0 Å². The molecule has 1 atom stereocenters. The van der Waals surface area contributed by atoms with Gasteiger partial charge in [0.25, 0.3) is 0 Å². The van der Waals surface area contributed by atoms with E-state index in [2.05, 4.69) is 20.1 Å². The standard InChI is InChI=1S/C21H26FN5O2/c22-16-4-1-3-15(13-16)21(6-11-29-12-7-21)20(28)26-9-10-27-18(14-26)24-25-19(27)17-5-2-8-23-17/h1,3-4,13,17,23H,2,5-12,14H2/t17-/m0/s1. The summed E-state index contributed by atoms with van der Waals surface area (Å²) in [7, 11) is 0. The van der Waals surface area contributed by atoms with E-state index in [1.165, 1.54) is 12.1 Å². The summed E-state index contributed by atoms with van der Waals surface area (Å²) in [6.45, 7) is 3.76. The molecule has 0 spiro atoms. The quantitative estimate of drug-likeness (QED) is 0.854. The van der Waals surface area contributed by atoms with E-state index in [0.717, 1.165) is 36.6 Å². The molecule has 0 aliphatic carbocycles. The average Bonchev–Trinajstić information content (AvgIpc) is 3.43. The Bertz CT molecular complexity index is 902. The van der Waals surface area contributed by atoms with E-state index in [9.17, 15) is 9.18 Å². The smallest absolute Gasteiger partial charge is 0.233 e. The van der Waals surface area contributed by atoms with Gasteiger partial charge >= 0.3 is 0 Å². The maximum Gasteiger partial charge on any atom is 0.233 e. The Morgan fingerprint density at radius 1 is 1.24 bits per heavy atom. The minimum atomic E-state index is -0.738. The largest absolute Gasteiger partial charge is 0.381 e. The van der Waals surface area contributed by atoms with E-state index < -0.39 is 5.41 Å². The van der Waals surface area contributed by atoms with Crippen LogP contribution in [0.2, 0.25) is 0 Å². The van der Waals surface area contributed by atoms with Crippen LogP contribution in [0.1, 0.15) is 48.9 Å². The van der Waals surface area contributed by atoms with Crippen LogP contribution in [0.4, 0.5) is 4.39 Å². The molecular weight excluding hydrogens is 373 g/mol. The van der Waals surface area contributed by atoms with Crippen LogP contribution < -0.4 is 5.32 Å². The molecule has 29 heavy (non-hydrogen) atoms. The molecule has 0 bridgehead atoms. The molecular formula is C21H26FN5O2. The first-order valence-electron chi connectivity index (χ1n) is 10.5. The zero-order chi connectivity index (χ0) is 19.8. The minimum Gasteiger partial charge on any atom is -0.381 e. The van der Waals surface area contributed by atoms with Gasteiger partial charge in [0.15, 0.2) is 5.82 Å². The van der Waals surface area contributed by atoms with Crippen LogP contribution in [0.5, 0.6) is 0 Å². The van der Waals surface area contributed by atoms with Gasteiger partial charge in [0.05, 0.1) is 18.0 Å². The summed E-state index contributed by atoms with van der Waals surface area (Å²) in [5.41, 5.74) is 0.00643. The van der Waals surface area contributed by atoms with Gasteiger partial charge in [-0.2, -0.15) is 0 Å². The lowest BCUT2D eigenvalue weighted by Gasteiger charge is -2.41. The second kappa shape index (κ2) is 7.50. The number of hydrogen-bond acceptors (Lipinski definition) is 5. The number of fused-ring (bicyclic) bond motifs is 1. The molecule has 2 fully saturated rings. The number of hydrogen-bond donors (Lipinski definition) is 1. The monoisotopic (exact) mass is 399 g/mol. The van der Waals surface area contributed by atoms with Crippen molar-refractivity contribution in [2.45, 2.75) is 50.2 Å². The molecule has 7 nitrogen and oxygen atoms in total. The number of ether oxygens (including phenoxy) is 1. The van der Waals surface area contributed by atoms with Crippen molar-refractivity contribution in [3.05, 3.63) is 47.3 Å². The van der Waals surface area contributed by atoms with Crippen LogP contribution in [0.3, 0.4) is 0 Å². The van der Waals surface area contributed by atoms with E-state index >= 15 is 0 Å². The molecule has 0 saturated carbocycles. The molecule has 2 aromatic rings. The molecule has 8 heteroatoms. The predicted octanol–water partition coefficient (Wildman–Crippen LogP) is 1.93. The molecule has 1 N–H and O–H groups in total. The summed E-state index contributed by atoms with van der Waals surface area (Å²) in [6.07, 6.45) is 3.35. The molecule has 1 amide bonds. The first-order chi connectivity index (χ1) is 14.2. The van der Waals surface area contributed by atoms with Crippen LogP contribution >= 0.6 is 0 Å². The number of nitrogens with zero attached hydrogens (tertiary/aromatic N) is 4. The van der Waals surface area contributed by atoms with Crippen molar-refractivity contribution in [2.75, 3.05) is 26.3 Å². The Hall–Kier alpha value is -2.32. The molecule has 1 aromatic heterocycles. The second-order valence-electron chi connectivity index (χ2n) is 8.21. The van der Waals surface area contributed by atoms with Gasteiger partial charge in [-0.25, -0.2) is 4.39 Å². The third kappa shape index (κ3) is 3.24. The molecule has 5 rings (SSSR count). The van der Waals surface area contributed by atoms with Crippen LogP contribution in [-0.4, -0.2) is 51.9 Å². The first kappa shape index (κ1) is 18.7. The number of benzene rings is 1. The molecule has 3 aliphatic rings. The number of carbonyl (C=O) groups excluding carboxylic acids is 1. The van der Waals surface area contributed by atoms with Crippen molar-refractivity contribution < 1.29 is 13.9 Å². The van der Waals surface area contributed by atoms with Gasteiger partial charge in [0, 0.05) is 26.3 Å². The van der Waals surface area contributed by atoms with E-state index in [-0.39, 0.29) is 17.8 Å². The lowest BCUT2D eigenvalue weighted by molar-refractivity contribution is -0.143. The number of aromatic nitrogens is 3. The van der Waals surface area contributed by atoms with Crippen LogP contribution in [-0.2, 0) is 28.0 Å². The Morgan fingerprint density at radius 2 is 2.10 bits per heavy atom. The summed E-state index contributed by atoms with van der Waals surface area (Å²) in [5.74, 6) is 1.54. The zero-order valence-corrected chi connectivity index (χ0v) is 16.4. The number of nitrogens with one attached hydrogen (secondary N) is 1. The Morgan fingerprint density at radius 3 is 2.86 bits per heavy atom. The summed E-state index contributed by atoms with van der Waals surface area (Å²) >= 11 is 0. The molecule has 0 radical (unpaired) electrons. The van der Waals surface area contributed by atoms with Crippen molar-refractivity contribution in [1.29, 1.82) is 0 Å². The van der Waals surface area contributed by atoms with Crippen LogP contribution in [0.25, 0.3) is 0 Å². The molecule has 1 aromatic carbocycles. The summed E-state index contributed by atoms with van der Waals surface area (Å²) in [6, 6.07) is 6.72. The molecule has 4 heterocycles. The van der Waals surface area contributed by atoms with Crippen molar-refractivity contribution >= 4 is 5.91 Å².